The molecule has 0 fully saturated rings. The molecule has 0 atom stereocenters. The largest absolute Gasteiger partial charge is 0.325 e. The van der Waals surface area contributed by atoms with Crippen LogP contribution < -0.4 is 0 Å². The number of amides is 1. The average molecular weight is 127 g/mol. The van der Waals surface area contributed by atoms with Crippen LogP contribution in [-0.2, 0) is 4.79 Å². The van der Waals surface area contributed by atoms with Crippen LogP contribution in [0.3, 0.4) is 0 Å². The van der Waals surface area contributed by atoms with Crippen LogP contribution in [0.15, 0.2) is 11.8 Å². The minimum atomic E-state index is 0.791. The van der Waals surface area contributed by atoms with Crippen molar-refractivity contribution in [1.29, 1.82) is 0 Å². The molecule has 0 aliphatic rings. The first-order valence-corrected chi connectivity index (χ1v) is 3.05. The summed E-state index contributed by atoms with van der Waals surface area (Å²) in [6.45, 7) is 4.06. The second kappa shape index (κ2) is 4.13. The highest BCUT2D eigenvalue weighted by Gasteiger charge is 1.86. The van der Waals surface area contributed by atoms with E-state index in [1.165, 1.54) is 10.5 Å². The van der Waals surface area contributed by atoms with Gasteiger partial charge in [0.15, 0.2) is 0 Å². The SMILES string of the molecule is CCC(C)=CN(C)C=O. The molecule has 0 heterocycles. The second-order valence-electron chi connectivity index (χ2n) is 2.10. The fourth-order valence-electron chi connectivity index (χ4n) is 0.469. The maximum absolute atomic E-state index is 10.0. The standard InChI is InChI=1S/C7H13NO/c1-4-7(2)5-8(3)6-9/h5-6H,4H2,1-3H3. The zero-order valence-electron chi connectivity index (χ0n) is 6.22. The van der Waals surface area contributed by atoms with E-state index >= 15 is 0 Å². The molecule has 1 amide bonds. The van der Waals surface area contributed by atoms with Crippen LogP contribution in [0.2, 0.25) is 0 Å². The van der Waals surface area contributed by atoms with Crippen molar-refractivity contribution >= 4 is 6.41 Å². The number of nitrogens with zero attached hydrogens (tertiary/aromatic N) is 1. The third-order valence-corrected chi connectivity index (χ3v) is 1.15. The van der Waals surface area contributed by atoms with Crippen molar-refractivity contribution in [1.82, 2.24) is 4.90 Å². The number of hydrogen-bond donors (Lipinski definition) is 0. The van der Waals surface area contributed by atoms with E-state index in [1.54, 1.807) is 7.05 Å². The minimum Gasteiger partial charge on any atom is -0.325 e. The van der Waals surface area contributed by atoms with Crippen LogP contribution in [0.1, 0.15) is 20.3 Å². The van der Waals surface area contributed by atoms with Gasteiger partial charge in [0.2, 0.25) is 6.41 Å². The normalized spacial score (nSPS) is 11.2. The summed E-state index contributed by atoms with van der Waals surface area (Å²) in [4.78, 5) is 11.6. The van der Waals surface area contributed by atoms with E-state index in [1.807, 2.05) is 13.1 Å². The van der Waals surface area contributed by atoms with Crippen molar-refractivity contribution in [3.8, 4) is 0 Å². The van der Waals surface area contributed by atoms with Gasteiger partial charge in [-0.2, -0.15) is 0 Å². The van der Waals surface area contributed by atoms with Gasteiger partial charge in [0.25, 0.3) is 0 Å². The summed E-state index contributed by atoms with van der Waals surface area (Å²) >= 11 is 0. The summed E-state index contributed by atoms with van der Waals surface area (Å²) in [5.41, 5.74) is 1.21. The van der Waals surface area contributed by atoms with Gasteiger partial charge in [0.1, 0.15) is 0 Å². The first kappa shape index (κ1) is 8.21. The molecule has 0 saturated carbocycles. The van der Waals surface area contributed by atoms with E-state index in [4.69, 9.17) is 0 Å². The summed E-state index contributed by atoms with van der Waals surface area (Å²) < 4.78 is 0. The molecule has 0 saturated heterocycles. The zero-order chi connectivity index (χ0) is 7.28. The highest BCUT2D eigenvalue weighted by Crippen LogP contribution is 1.97. The van der Waals surface area contributed by atoms with E-state index in [-0.39, 0.29) is 0 Å². The molecule has 0 aliphatic heterocycles. The summed E-state index contributed by atoms with van der Waals surface area (Å²) in [5.74, 6) is 0. The summed E-state index contributed by atoms with van der Waals surface area (Å²) in [7, 11) is 1.73. The molecule has 0 rings (SSSR count). The highest BCUT2D eigenvalue weighted by atomic mass is 16.1. The van der Waals surface area contributed by atoms with Crippen molar-refractivity contribution in [2.75, 3.05) is 7.05 Å². The Labute approximate surface area is 56.2 Å². The van der Waals surface area contributed by atoms with Gasteiger partial charge in [-0.05, 0) is 13.3 Å². The van der Waals surface area contributed by atoms with Crippen LogP contribution in [-0.4, -0.2) is 18.4 Å². The summed E-state index contributed by atoms with van der Waals surface area (Å²) in [5, 5.41) is 0. The molecular formula is C7H13NO. The predicted molar refractivity (Wildman–Crippen MR) is 37.9 cm³/mol. The summed E-state index contributed by atoms with van der Waals surface area (Å²) in [6.07, 6.45) is 3.62. The molecule has 0 N–H and O–H groups in total. The Morgan fingerprint density at radius 3 is 2.56 bits per heavy atom. The third-order valence-electron chi connectivity index (χ3n) is 1.15. The Morgan fingerprint density at radius 1 is 1.67 bits per heavy atom. The maximum Gasteiger partial charge on any atom is 0.213 e. The first-order chi connectivity index (χ1) is 4.20. The second-order valence-corrected chi connectivity index (χ2v) is 2.10. The smallest absolute Gasteiger partial charge is 0.213 e. The molecule has 2 nitrogen and oxygen atoms in total. The molecule has 0 aromatic carbocycles. The maximum atomic E-state index is 10.0. The molecule has 0 bridgehead atoms. The van der Waals surface area contributed by atoms with Crippen molar-refractivity contribution in [3.63, 3.8) is 0 Å². The van der Waals surface area contributed by atoms with E-state index in [9.17, 15) is 4.79 Å². The Kier molecular flexibility index (Phi) is 3.76. The van der Waals surface area contributed by atoms with Gasteiger partial charge in [-0.25, -0.2) is 0 Å². The molecule has 52 valence electrons. The lowest BCUT2D eigenvalue weighted by Crippen LogP contribution is -2.06. The Hall–Kier alpha value is -0.790. The Morgan fingerprint density at radius 2 is 2.22 bits per heavy atom. The molecular weight excluding hydrogens is 114 g/mol. The van der Waals surface area contributed by atoms with E-state index < -0.39 is 0 Å². The molecule has 0 radical (unpaired) electrons. The Bertz CT molecular complexity index is 118. The molecule has 9 heavy (non-hydrogen) atoms. The molecule has 0 aromatic rings. The van der Waals surface area contributed by atoms with Crippen molar-refractivity contribution in [2.24, 2.45) is 0 Å². The molecule has 0 spiro atoms. The minimum absolute atomic E-state index is 0.791. The Balaban J connectivity index is 3.78. The van der Waals surface area contributed by atoms with Crippen molar-refractivity contribution in [3.05, 3.63) is 11.8 Å². The average Bonchev–Trinajstić information content (AvgIpc) is 1.87. The fourth-order valence-corrected chi connectivity index (χ4v) is 0.469. The van der Waals surface area contributed by atoms with Gasteiger partial charge in [-0.1, -0.05) is 12.5 Å². The monoisotopic (exact) mass is 127 g/mol. The molecule has 2 heteroatoms. The first-order valence-electron chi connectivity index (χ1n) is 3.05. The summed E-state index contributed by atoms with van der Waals surface area (Å²) in [6, 6.07) is 0. The van der Waals surface area contributed by atoms with E-state index in [2.05, 4.69) is 6.92 Å². The van der Waals surface area contributed by atoms with Gasteiger partial charge in [-0.15, -0.1) is 0 Å². The number of allylic oxidation sites excluding steroid dienone is 1. The van der Waals surface area contributed by atoms with Gasteiger partial charge in [0, 0.05) is 13.2 Å². The lowest BCUT2D eigenvalue weighted by Gasteiger charge is -2.03. The zero-order valence-corrected chi connectivity index (χ0v) is 6.22. The third kappa shape index (κ3) is 3.76. The van der Waals surface area contributed by atoms with E-state index in [0.29, 0.717) is 0 Å². The molecule has 0 aromatic heterocycles. The number of hydrogen-bond acceptors (Lipinski definition) is 1. The van der Waals surface area contributed by atoms with Crippen LogP contribution in [0.4, 0.5) is 0 Å². The van der Waals surface area contributed by atoms with Crippen LogP contribution >= 0.6 is 0 Å². The molecule has 0 unspecified atom stereocenters. The van der Waals surface area contributed by atoms with Crippen LogP contribution in [0.5, 0.6) is 0 Å². The van der Waals surface area contributed by atoms with Gasteiger partial charge in [-0.3, -0.25) is 4.79 Å². The number of carbonyl (C=O) groups excluding carboxylic acids is 1. The topological polar surface area (TPSA) is 20.3 Å². The van der Waals surface area contributed by atoms with Gasteiger partial charge >= 0.3 is 0 Å². The van der Waals surface area contributed by atoms with E-state index in [0.717, 1.165) is 12.8 Å². The lowest BCUT2D eigenvalue weighted by molar-refractivity contribution is -0.115. The molecule has 0 aliphatic carbocycles. The van der Waals surface area contributed by atoms with Gasteiger partial charge in [0.05, 0.1) is 0 Å². The number of carbonyl (C=O) groups is 1. The van der Waals surface area contributed by atoms with Crippen LogP contribution in [0.25, 0.3) is 0 Å². The van der Waals surface area contributed by atoms with Crippen molar-refractivity contribution in [2.45, 2.75) is 20.3 Å². The predicted octanol–water partition coefficient (Wildman–Crippen LogP) is 1.39. The lowest BCUT2D eigenvalue weighted by atomic mass is 10.2. The van der Waals surface area contributed by atoms with Crippen LogP contribution in [0, 0.1) is 0 Å². The highest BCUT2D eigenvalue weighted by molar-refractivity contribution is 5.48. The quantitative estimate of drug-likeness (QED) is 0.524. The van der Waals surface area contributed by atoms with Crippen molar-refractivity contribution < 1.29 is 4.79 Å². The fraction of sp³-hybridized carbons (Fsp3) is 0.571. The van der Waals surface area contributed by atoms with Gasteiger partial charge < -0.3 is 4.90 Å². The number of rotatable bonds is 3.